The van der Waals surface area contributed by atoms with Crippen molar-refractivity contribution in [2.75, 3.05) is 37.7 Å². The first-order chi connectivity index (χ1) is 33.0. The molecule has 2 aliphatic heterocycles. The predicted octanol–water partition coefficient (Wildman–Crippen LogP) is -5.72. The van der Waals surface area contributed by atoms with Crippen LogP contribution in [0.3, 0.4) is 0 Å². The number of carbonyl (C=O) groups is 10. The molecule has 0 aliphatic carbocycles. The van der Waals surface area contributed by atoms with Gasteiger partial charge in [0.05, 0.1) is 19.0 Å². The minimum Gasteiger partial charge on any atom is -0.370 e. The lowest BCUT2D eigenvalue weighted by atomic mass is 9.94. The van der Waals surface area contributed by atoms with Gasteiger partial charge in [-0.25, -0.2) is 0 Å². The number of nitrogens with zero attached hydrogens (tertiary/aromatic N) is 3. The first-order valence-corrected chi connectivity index (χ1v) is 25.6. The lowest BCUT2D eigenvalue weighted by Crippen LogP contribution is -2.62. The molecule has 21 N–H and O–H groups in total. The van der Waals surface area contributed by atoms with Crippen LogP contribution in [0.5, 0.6) is 0 Å². The zero-order chi connectivity index (χ0) is 52.7. The van der Waals surface area contributed by atoms with E-state index >= 15 is 0 Å². The Morgan fingerprint density at radius 1 is 0.714 bits per heavy atom. The fourth-order valence-corrected chi connectivity index (χ4v) is 9.50. The normalized spacial score (nSPS) is 24.4. The van der Waals surface area contributed by atoms with Gasteiger partial charge in [-0.1, -0.05) is 62.1 Å². The Morgan fingerprint density at radius 3 is 1.83 bits per heavy atom. The Labute approximate surface area is 414 Å². The monoisotopic (exact) mass is 1030 g/mol. The number of primary amides is 2. The second kappa shape index (κ2) is 30.5. The van der Waals surface area contributed by atoms with Crippen LogP contribution in [0.15, 0.2) is 9.98 Å². The molecule has 0 aromatic heterocycles. The number of amides is 10. The van der Waals surface area contributed by atoms with E-state index in [-0.39, 0.29) is 75.2 Å². The molecular weight excluding hydrogens is 955 g/mol. The number of aliphatic imine (C=N–C) groups is 2. The number of carbonyl (C=O) groups excluding carboxylic acids is 10. The lowest BCUT2D eigenvalue weighted by molar-refractivity contribution is -0.142. The minimum absolute atomic E-state index is 0.0260. The van der Waals surface area contributed by atoms with Crippen molar-refractivity contribution in [3.8, 4) is 0 Å². The summed E-state index contributed by atoms with van der Waals surface area (Å²) in [6.45, 7) is 6.74. The Kier molecular flexibility index (Phi) is 26.1. The van der Waals surface area contributed by atoms with Crippen molar-refractivity contribution in [1.82, 2.24) is 42.1 Å². The molecule has 0 aromatic carbocycles. The topological polar surface area (TPSA) is 465 Å². The first-order valence-electron chi connectivity index (χ1n) is 23.1. The van der Waals surface area contributed by atoms with Gasteiger partial charge in [-0.2, -0.15) is 0 Å². The molecule has 0 saturated carbocycles. The predicted molar refractivity (Wildman–Crippen MR) is 264 cm³/mol. The van der Waals surface area contributed by atoms with Crippen LogP contribution < -0.4 is 77.4 Å². The van der Waals surface area contributed by atoms with Crippen LogP contribution in [0.1, 0.15) is 85.5 Å². The van der Waals surface area contributed by atoms with E-state index in [1.807, 2.05) is 6.92 Å². The van der Waals surface area contributed by atoms with Crippen molar-refractivity contribution >= 4 is 92.6 Å². The molecule has 10 atom stereocenters. The Balaban J connectivity index is 2.62. The van der Waals surface area contributed by atoms with E-state index in [9.17, 15) is 47.9 Å². The zero-order valence-corrected chi connectivity index (χ0v) is 41.8. The third-order valence-electron chi connectivity index (χ3n) is 11.6. The summed E-state index contributed by atoms with van der Waals surface area (Å²) in [4.78, 5) is 144. The molecule has 0 bridgehead atoms. The molecule has 2 fully saturated rings. The maximum absolute atomic E-state index is 14.5. The Hall–Kier alpha value is -6.10. The van der Waals surface area contributed by atoms with Crippen LogP contribution in [0.2, 0.25) is 0 Å². The van der Waals surface area contributed by atoms with E-state index in [1.54, 1.807) is 20.8 Å². The van der Waals surface area contributed by atoms with E-state index in [4.69, 9.17) is 40.1 Å². The summed E-state index contributed by atoms with van der Waals surface area (Å²) in [6, 6.07) is -10.4. The third kappa shape index (κ3) is 20.5. The SMILES string of the molecule is CC[C@H](C)[C@@H]1NC(=O)[C@H]([C@@H](C)CC)NC(=O)[C@@H](N)CSSCC(C(=O)N2CCC[C@H]2C(=O)N[C@@H](CCCN=C(N)N)C(=O)NCC(N)=O)NC(=O)[C@H](CC(N)=O)NC(=O)C(CCCN=C(N)N)NC1=O. The fourth-order valence-electron chi connectivity index (χ4n) is 7.23. The van der Waals surface area contributed by atoms with E-state index in [2.05, 4.69) is 47.2 Å². The minimum atomic E-state index is -1.70. The van der Waals surface area contributed by atoms with Crippen molar-refractivity contribution in [2.45, 2.75) is 134 Å². The summed E-state index contributed by atoms with van der Waals surface area (Å²) in [5.74, 6) is -9.69. The van der Waals surface area contributed by atoms with Crippen molar-refractivity contribution < 1.29 is 47.9 Å². The second-order valence-electron chi connectivity index (χ2n) is 17.1. The molecule has 0 spiro atoms. The number of hydrogen-bond acceptors (Lipinski definition) is 15. The van der Waals surface area contributed by atoms with Gasteiger partial charge in [0.1, 0.15) is 42.3 Å². The van der Waals surface area contributed by atoms with Gasteiger partial charge in [0.25, 0.3) is 0 Å². The van der Waals surface area contributed by atoms with Crippen molar-refractivity contribution in [2.24, 2.45) is 62.0 Å². The summed E-state index contributed by atoms with van der Waals surface area (Å²) in [5, 5.41) is 18.2. The maximum Gasteiger partial charge on any atom is 0.246 e. The molecule has 2 saturated heterocycles. The highest BCUT2D eigenvalue weighted by Crippen LogP contribution is 2.26. The highest BCUT2D eigenvalue weighted by molar-refractivity contribution is 8.76. The van der Waals surface area contributed by atoms with Gasteiger partial charge in [0.15, 0.2) is 11.9 Å². The molecule has 27 nitrogen and oxygen atoms in total. The molecule has 2 rings (SSSR count). The van der Waals surface area contributed by atoms with Crippen LogP contribution in [0, 0.1) is 11.8 Å². The molecule has 394 valence electrons. The number of nitrogens with two attached hydrogens (primary N) is 7. The van der Waals surface area contributed by atoms with E-state index < -0.39 is 132 Å². The Bertz CT molecular complexity index is 1920. The van der Waals surface area contributed by atoms with Crippen LogP contribution in [-0.4, -0.2) is 162 Å². The number of rotatable bonds is 20. The average molecular weight is 1030 g/mol. The summed E-state index contributed by atoms with van der Waals surface area (Å²) in [5.41, 5.74) is 38.9. The van der Waals surface area contributed by atoms with Crippen LogP contribution >= 0.6 is 21.6 Å². The molecule has 2 heterocycles. The largest absolute Gasteiger partial charge is 0.370 e. The molecule has 10 amide bonds. The van der Waals surface area contributed by atoms with Crippen LogP contribution in [0.25, 0.3) is 0 Å². The number of hydrogen-bond donors (Lipinski definition) is 14. The van der Waals surface area contributed by atoms with Gasteiger partial charge in [-0.3, -0.25) is 57.9 Å². The van der Waals surface area contributed by atoms with Gasteiger partial charge < -0.3 is 82.3 Å². The van der Waals surface area contributed by atoms with E-state index in [0.717, 1.165) is 21.6 Å². The van der Waals surface area contributed by atoms with Crippen molar-refractivity contribution in [1.29, 1.82) is 0 Å². The van der Waals surface area contributed by atoms with E-state index in [1.165, 1.54) is 4.90 Å². The maximum atomic E-state index is 14.5. The first kappa shape index (κ1) is 60.0. The summed E-state index contributed by atoms with van der Waals surface area (Å²) >= 11 is 0. The van der Waals surface area contributed by atoms with Gasteiger partial charge in [0, 0.05) is 31.1 Å². The van der Waals surface area contributed by atoms with Gasteiger partial charge in [0.2, 0.25) is 59.1 Å². The van der Waals surface area contributed by atoms with Crippen LogP contribution in [0.4, 0.5) is 0 Å². The summed E-state index contributed by atoms with van der Waals surface area (Å²) < 4.78 is 0. The molecule has 29 heteroatoms. The molecule has 0 aromatic rings. The average Bonchev–Trinajstić information content (AvgIpc) is 3.80. The summed E-state index contributed by atoms with van der Waals surface area (Å²) in [6.07, 6.45) is 0.894. The summed E-state index contributed by atoms with van der Waals surface area (Å²) in [7, 11) is 2.11. The highest BCUT2D eigenvalue weighted by atomic mass is 33.1. The second-order valence-corrected chi connectivity index (χ2v) is 19.7. The van der Waals surface area contributed by atoms with Gasteiger partial charge >= 0.3 is 0 Å². The smallest absolute Gasteiger partial charge is 0.246 e. The van der Waals surface area contributed by atoms with Gasteiger partial charge in [-0.15, -0.1) is 0 Å². The molecule has 2 aliphatic rings. The Morgan fingerprint density at radius 2 is 1.26 bits per heavy atom. The highest BCUT2D eigenvalue weighted by Gasteiger charge is 2.41. The number of nitrogens with one attached hydrogen (secondary N) is 7. The fraction of sp³-hybridized carbons (Fsp3) is 0.707. The standard InChI is InChI=1S/C41H73N17O10S2/c1-5-20(3)30-37(66)53-24(11-8-14-50-41(47)48)34(63)54-25(16-28(43)59)35(64)55-26(19-70-69-18-22(42)32(61)56-31(21(4)6-2)38(67)57-30)39(68)58-15-9-12-27(58)36(65)52-23(10-7-13-49-40(45)46)33(62)51-17-29(44)60/h20-27,30-31H,5-19,42H2,1-4H3,(H2,43,59)(H2,44,60)(H,51,62)(H,52,65)(H,53,66)(H,54,63)(H,55,64)(H,56,61)(H,57,67)(H4,45,46,49)(H4,47,48,50)/t20-,21-,22-,23-,24?,25-,26?,27-,30-,31-/m0/s1. The van der Waals surface area contributed by atoms with E-state index in [0.29, 0.717) is 19.3 Å². The third-order valence-corrected chi connectivity index (χ3v) is 14.0. The quantitative estimate of drug-likeness (QED) is 0.0234. The zero-order valence-electron chi connectivity index (χ0n) is 40.2. The number of guanidine groups is 2. The van der Waals surface area contributed by atoms with Gasteiger partial charge in [-0.05, 0) is 50.4 Å². The molecular formula is C41H73N17O10S2. The number of likely N-dealkylation sites (tertiary alicyclic amines) is 1. The van der Waals surface area contributed by atoms with Crippen molar-refractivity contribution in [3.05, 3.63) is 0 Å². The van der Waals surface area contributed by atoms with Crippen LogP contribution in [-0.2, 0) is 47.9 Å². The molecule has 0 radical (unpaired) electrons. The molecule has 70 heavy (non-hydrogen) atoms. The molecule has 2 unspecified atom stereocenters. The lowest BCUT2D eigenvalue weighted by Gasteiger charge is -2.31. The van der Waals surface area contributed by atoms with Crippen molar-refractivity contribution in [3.63, 3.8) is 0 Å².